The van der Waals surface area contributed by atoms with Gasteiger partial charge in [0.15, 0.2) is 0 Å². The number of benzene rings is 2. The normalized spacial score (nSPS) is 17.6. The summed E-state index contributed by atoms with van der Waals surface area (Å²) in [7, 11) is 0. The van der Waals surface area contributed by atoms with Gasteiger partial charge in [0, 0.05) is 37.7 Å². The Hall–Kier alpha value is -3.46. The van der Waals surface area contributed by atoms with Gasteiger partial charge in [0.25, 0.3) is 0 Å². The zero-order chi connectivity index (χ0) is 26.2. The third-order valence-corrected chi connectivity index (χ3v) is 6.05. The zero-order valence-electron chi connectivity index (χ0n) is 21.1. The molecule has 0 radical (unpaired) electrons. The van der Waals surface area contributed by atoms with Gasteiger partial charge in [-0.05, 0) is 57.4 Å². The Bertz CT molecular complexity index is 1040. The van der Waals surface area contributed by atoms with E-state index in [9.17, 15) is 18.8 Å². The fourth-order valence-electron chi connectivity index (χ4n) is 4.56. The minimum Gasteiger partial charge on any atom is -0.444 e. The highest BCUT2D eigenvalue weighted by molar-refractivity contribution is 5.89. The molecule has 3 amide bonds. The first-order valence-corrected chi connectivity index (χ1v) is 12.2. The van der Waals surface area contributed by atoms with Gasteiger partial charge in [-0.3, -0.25) is 4.90 Å². The molecule has 1 heterocycles. The van der Waals surface area contributed by atoms with Crippen molar-refractivity contribution in [2.45, 2.75) is 63.8 Å². The number of anilines is 1. The molecule has 0 saturated carbocycles. The predicted molar refractivity (Wildman–Crippen MR) is 136 cm³/mol. The number of nitrogens with one attached hydrogen (secondary N) is 3. The van der Waals surface area contributed by atoms with Crippen LogP contribution in [0.4, 0.5) is 19.7 Å². The van der Waals surface area contributed by atoms with Gasteiger partial charge >= 0.3 is 12.1 Å². The van der Waals surface area contributed by atoms with Gasteiger partial charge in [-0.15, -0.1) is 0 Å². The monoisotopic (exact) mass is 498 g/mol. The topological polar surface area (TPSA) is 99.8 Å². The molecule has 1 aliphatic rings. The summed E-state index contributed by atoms with van der Waals surface area (Å²) in [4.78, 5) is 39.3. The number of hydrogen-bond donors (Lipinski definition) is 3. The molecular weight excluding hydrogens is 463 g/mol. The van der Waals surface area contributed by atoms with Crippen molar-refractivity contribution in [1.82, 2.24) is 15.5 Å². The summed E-state index contributed by atoms with van der Waals surface area (Å²) in [5.41, 5.74) is -0.947. The summed E-state index contributed by atoms with van der Waals surface area (Å²) in [5.74, 6) is -0.421. The molecule has 1 saturated heterocycles. The number of para-hydroxylation sites is 1. The lowest BCUT2D eigenvalue weighted by Crippen LogP contribution is -2.65. The number of hydrogen-bond acceptors (Lipinski definition) is 5. The van der Waals surface area contributed by atoms with Gasteiger partial charge in [0.05, 0.1) is 0 Å². The molecule has 0 spiro atoms. The molecule has 2 aromatic rings. The highest BCUT2D eigenvalue weighted by Gasteiger charge is 2.45. The molecule has 2 atom stereocenters. The molecule has 8 nitrogen and oxygen atoms in total. The van der Waals surface area contributed by atoms with E-state index in [2.05, 4.69) is 16.0 Å². The van der Waals surface area contributed by atoms with E-state index in [-0.39, 0.29) is 31.5 Å². The van der Waals surface area contributed by atoms with Gasteiger partial charge in [-0.1, -0.05) is 36.4 Å². The number of amides is 3. The number of carbonyl (C=O) groups is 3. The molecule has 0 bridgehead atoms. The molecule has 1 aliphatic heterocycles. The maximum absolute atomic E-state index is 14.7. The van der Waals surface area contributed by atoms with Crippen molar-refractivity contribution in [2.75, 3.05) is 18.4 Å². The quantitative estimate of drug-likeness (QED) is 0.443. The minimum absolute atomic E-state index is 0.0599. The van der Waals surface area contributed by atoms with Crippen LogP contribution in [0, 0.1) is 5.82 Å². The summed E-state index contributed by atoms with van der Waals surface area (Å²) in [6.45, 7) is 6.09. The number of likely N-dealkylation sites (tertiary alicyclic amines) is 1. The van der Waals surface area contributed by atoms with Crippen LogP contribution in [0.25, 0.3) is 0 Å². The maximum atomic E-state index is 14.7. The molecule has 0 aliphatic carbocycles. The fraction of sp³-hybridized carbons (Fsp3) is 0.444. The summed E-state index contributed by atoms with van der Waals surface area (Å²) in [5, 5.41) is 8.57. The largest absolute Gasteiger partial charge is 0.444 e. The van der Waals surface area contributed by atoms with E-state index in [4.69, 9.17) is 4.74 Å². The number of aldehydes is 1. The van der Waals surface area contributed by atoms with E-state index in [1.807, 2.05) is 23.1 Å². The van der Waals surface area contributed by atoms with Crippen molar-refractivity contribution < 1.29 is 23.5 Å². The van der Waals surface area contributed by atoms with Crippen molar-refractivity contribution in [2.24, 2.45) is 0 Å². The van der Waals surface area contributed by atoms with Crippen LogP contribution in [-0.2, 0) is 16.0 Å². The lowest BCUT2D eigenvalue weighted by Gasteiger charge is -2.45. The molecule has 0 aromatic heterocycles. The van der Waals surface area contributed by atoms with Crippen molar-refractivity contribution in [1.29, 1.82) is 0 Å². The Morgan fingerprint density at radius 3 is 2.47 bits per heavy atom. The molecular formula is C27H35FN4O4. The zero-order valence-corrected chi connectivity index (χ0v) is 21.1. The van der Waals surface area contributed by atoms with E-state index in [0.717, 1.165) is 19.1 Å². The first-order valence-electron chi connectivity index (χ1n) is 12.2. The van der Waals surface area contributed by atoms with Crippen LogP contribution < -0.4 is 16.0 Å². The lowest BCUT2D eigenvalue weighted by molar-refractivity contribution is -0.111. The van der Waals surface area contributed by atoms with Gasteiger partial charge in [-0.25, -0.2) is 14.0 Å². The predicted octanol–water partition coefficient (Wildman–Crippen LogP) is 4.46. The summed E-state index contributed by atoms with van der Waals surface area (Å²) in [6.07, 6.45) is 1.54. The van der Waals surface area contributed by atoms with Crippen molar-refractivity contribution >= 4 is 24.1 Å². The number of rotatable bonds is 9. The maximum Gasteiger partial charge on any atom is 0.409 e. The van der Waals surface area contributed by atoms with Crippen LogP contribution in [0.5, 0.6) is 0 Å². The second-order valence-corrected chi connectivity index (χ2v) is 9.99. The smallest absolute Gasteiger partial charge is 0.409 e. The van der Waals surface area contributed by atoms with Crippen LogP contribution in [0.1, 0.15) is 45.6 Å². The van der Waals surface area contributed by atoms with Crippen LogP contribution in [-0.4, -0.2) is 53.7 Å². The SMILES string of the molecule is CC(C)(C)OC(=O)NC(CC=O)(Cc1ccccc1F)N1CCC[C@H]1CNC(=O)Nc1ccccc1. The lowest BCUT2D eigenvalue weighted by atomic mass is 9.93. The second-order valence-electron chi connectivity index (χ2n) is 9.99. The van der Waals surface area contributed by atoms with Crippen LogP contribution in [0.3, 0.4) is 0 Å². The first kappa shape index (κ1) is 27.1. The molecule has 3 N–H and O–H groups in total. The molecule has 1 unspecified atom stereocenters. The van der Waals surface area contributed by atoms with Gasteiger partial charge in [0.2, 0.25) is 0 Å². The van der Waals surface area contributed by atoms with Crippen molar-refractivity contribution in [3.63, 3.8) is 0 Å². The number of carbonyl (C=O) groups excluding carboxylic acids is 3. The molecule has 2 aromatic carbocycles. The van der Waals surface area contributed by atoms with Crippen molar-refractivity contribution in [3.05, 3.63) is 66.0 Å². The Morgan fingerprint density at radius 2 is 1.81 bits per heavy atom. The Kier molecular flexibility index (Phi) is 9.03. The van der Waals surface area contributed by atoms with Gasteiger partial charge in [0.1, 0.15) is 23.4 Å². The Morgan fingerprint density at radius 1 is 1.11 bits per heavy atom. The van der Waals surface area contributed by atoms with Crippen LogP contribution >= 0.6 is 0 Å². The van der Waals surface area contributed by atoms with E-state index < -0.39 is 23.2 Å². The van der Waals surface area contributed by atoms with Crippen LogP contribution in [0.2, 0.25) is 0 Å². The second kappa shape index (κ2) is 12.0. The summed E-state index contributed by atoms with van der Waals surface area (Å²) >= 11 is 0. The average molecular weight is 499 g/mol. The molecule has 9 heteroatoms. The van der Waals surface area contributed by atoms with Gasteiger partial charge < -0.3 is 25.5 Å². The summed E-state index contributed by atoms with van der Waals surface area (Å²) < 4.78 is 20.2. The number of nitrogens with zero attached hydrogens (tertiary/aromatic N) is 1. The van der Waals surface area contributed by atoms with E-state index in [1.165, 1.54) is 6.07 Å². The minimum atomic E-state index is -1.23. The van der Waals surface area contributed by atoms with E-state index in [1.54, 1.807) is 51.1 Å². The number of alkyl carbamates (subject to hydrolysis) is 1. The Labute approximate surface area is 211 Å². The molecule has 194 valence electrons. The van der Waals surface area contributed by atoms with Gasteiger partial charge in [-0.2, -0.15) is 0 Å². The molecule has 3 rings (SSSR count). The third-order valence-electron chi connectivity index (χ3n) is 6.05. The van der Waals surface area contributed by atoms with E-state index in [0.29, 0.717) is 17.8 Å². The van der Waals surface area contributed by atoms with Crippen molar-refractivity contribution in [3.8, 4) is 0 Å². The van der Waals surface area contributed by atoms with E-state index >= 15 is 0 Å². The highest BCUT2D eigenvalue weighted by atomic mass is 19.1. The van der Waals surface area contributed by atoms with Crippen LogP contribution in [0.15, 0.2) is 54.6 Å². The standard InChI is InChI=1S/C27H35FN4O4/c1-26(2,3)36-25(35)31-27(15-17-33,18-20-10-7-8-14-23(20)28)32-16-9-13-22(32)19-29-24(34)30-21-11-5-4-6-12-21/h4-8,10-12,14,17,22H,9,13,15-16,18-19H2,1-3H3,(H,31,35)(H2,29,30,34)/t22-,27?/m0/s1. The highest BCUT2D eigenvalue weighted by Crippen LogP contribution is 2.31. The average Bonchev–Trinajstić information content (AvgIpc) is 3.28. The Balaban J connectivity index is 1.83. The number of halogens is 1. The number of urea groups is 1. The number of ether oxygens (including phenoxy) is 1. The summed E-state index contributed by atoms with van der Waals surface area (Å²) in [6, 6.07) is 14.8. The fourth-order valence-corrected chi connectivity index (χ4v) is 4.56. The third kappa shape index (κ3) is 7.52. The first-order chi connectivity index (χ1) is 17.1. The molecule has 1 fully saturated rings. The molecule has 36 heavy (non-hydrogen) atoms.